The summed E-state index contributed by atoms with van der Waals surface area (Å²) in [7, 11) is 3.89. The van der Waals surface area contributed by atoms with Gasteiger partial charge in [0.05, 0.1) is 36.8 Å². The predicted octanol–water partition coefficient (Wildman–Crippen LogP) is 7.01. The monoisotopic (exact) mass is 615 g/mol. The highest BCUT2D eigenvalue weighted by atomic mass is 19.1. The van der Waals surface area contributed by atoms with Crippen molar-refractivity contribution >= 4 is 17.2 Å². The smallest absolute Gasteiger partial charge is 0.165 e. The molecule has 1 heterocycles. The van der Waals surface area contributed by atoms with E-state index in [1.807, 2.05) is 47.9 Å². The second-order valence-corrected chi connectivity index (χ2v) is 11.1. The van der Waals surface area contributed by atoms with Crippen LogP contribution in [0.2, 0.25) is 0 Å². The van der Waals surface area contributed by atoms with E-state index >= 15 is 4.39 Å². The van der Waals surface area contributed by atoms with Gasteiger partial charge in [-0.15, -0.1) is 0 Å². The van der Waals surface area contributed by atoms with Crippen molar-refractivity contribution in [2.24, 2.45) is 0 Å². The minimum Gasteiger partial charge on any atom is -0.496 e. The van der Waals surface area contributed by atoms with Crippen LogP contribution in [0.3, 0.4) is 0 Å². The summed E-state index contributed by atoms with van der Waals surface area (Å²) in [6.07, 6.45) is 1.14. The van der Waals surface area contributed by atoms with E-state index in [-0.39, 0.29) is 12.4 Å². The molecule has 1 fully saturated rings. The maximum Gasteiger partial charge on any atom is 0.165 e. The van der Waals surface area contributed by atoms with Gasteiger partial charge in [-0.1, -0.05) is 43.3 Å². The third-order valence-corrected chi connectivity index (χ3v) is 8.22. The summed E-state index contributed by atoms with van der Waals surface area (Å²) in [5.41, 5.74) is 4.07. The van der Waals surface area contributed by atoms with Crippen LogP contribution in [0.4, 0.5) is 8.78 Å². The van der Waals surface area contributed by atoms with Crippen molar-refractivity contribution in [3.05, 3.63) is 107 Å². The van der Waals surface area contributed by atoms with Crippen molar-refractivity contribution in [3.63, 3.8) is 0 Å². The average Bonchev–Trinajstić information content (AvgIpc) is 3.39. The van der Waals surface area contributed by atoms with Crippen LogP contribution in [0, 0.1) is 11.6 Å². The number of hydrogen-bond donors (Lipinski definition) is 2. The van der Waals surface area contributed by atoms with E-state index < -0.39 is 23.2 Å². The van der Waals surface area contributed by atoms with Crippen LogP contribution in [0.25, 0.3) is 27.7 Å². The predicted molar refractivity (Wildman–Crippen MR) is 169 cm³/mol. The van der Waals surface area contributed by atoms with Gasteiger partial charge in [0.1, 0.15) is 23.9 Å². The molecule has 0 atom stereocenters. The Labute approximate surface area is 260 Å². The molecular formula is C36H35F2NO6. The normalized spacial score (nSPS) is 17.2. The lowest BCUT2D eigenvalue weighted by atomic mass is 9.64. The Morgan fingerprint density at radius 2 is 1.62 bits per heavy atom. The van der Waals surface area contributed by atoms with Gasteiger partial charge in [0.15, 0.2) is 17.9 Å². The van der Waals surface area contributed by atoms with Gasteiger partial charge in [-0.3, -0.25) is 4.79 Å². The van der Waals surface area contributed by atoms with Crippen molar-refractivity contribution in [2.75, 3.05) is 21.3 Å². The molecule has 0 bridgehead atoms. The second-order valence-electron chi connectivity index (χ2n) is 11.1. The lowest BCUT2D eigenvalue weighted by Crippen LogP contribution is -2.43. The first kappa shape index (κ1) is 31.7. The number of halogens is 2. The number of aromatic nitrogens is 1. The van der Waals surface area contributed by atoms with Gasteiger partial charge >= 0.3 is 0 Å². The highest BCUT2D eigenvalue weighted by Gasteiger charge is 2.46. The Morgan fingerprint density at radius 1 is 0.911 bits per heavy atom. The van der Waals surface area contributed by atoms with E-state index in [1.165, 1.54) is 32.4 Å². The van der Waals surface area contributed by atoms with E-state index in [2.05, 4.69) is 0 Å². The Bertz CT molecular complexity index is 1830. The molecule has 1 aromatic heterocycles. The van der Waals surface area contributed by atoms with E-state index in [4.69, 9.17) is 19.3 Å². The van der Waals surface area contributed by atoms with Crippen LogP contribution in [-0.4, -0.2) is 48.5 Å². The molecule has 0 radical (unpaired) electrons. The van der Waals surface area contributed by atoms with Crippen molar-refractivity contribution in [1.82, 2.24) is 4.57 Å². The number of ether oxygens (including phenoxy) is 3. The van der Waals surface area contributed by atoms with Gasteiger partial charge < -0.3 is 29.0 Å². The summed E-state index contributed by atoms with van der Waals surface area (Å²) < 4.78 is 49.1. The van der Waals surface area contributed by atoms with Gasteiger partial charge in [-0.05, 0) is 54.3 Å². The average molecular weight is 616 g/mol. The highest BCUT2D eigenvalue weighted by molar-refractivity contribution is 6.04. The molecule has 1 aliphatic rings. The highest BCUT2D eigenvalue weighted by Crippen LogP contribution is 2.53. The van der Waals surface area contributed by atoms with Gasteiger partial charge in [0, 0.05) is 41.6 Å². The molecule has 0 spiro atoms. The Morgan fingerprint density at radius 3 is 2.27 bits per heavy atom. The minimum absolute atomic E-state index is 0.0413. The zero-order chi connectivity index (χ0) is 32.3. The molecule has 0 amide bonds. The number of hydrogen-bond acceptors (Lipinski definition) is 6. The summed E-state index contributed by atoms with van der Waals surface area (Å²) >= 11 is 0. The van der Waals surface area contributed by atoms with E-state index in [9.17, 15) is 14.3 Å². The van der Waals surface area contributed by atoms with Crippen LogP contribution in [0.1, 0.15) is 41.4 Å². The Balaban J connectivity index is 0.00000196. The number of carbonyl (C=O) groups is 1. The van der Waals surface area contributed by atoms with Crippen LogP contribution >= 0.6 is 0 Å². The van der Waals surface area contributed by atoms with E-state index in [0.717, 1.165) is 30.2 Å². The summed E-state index contributed by atoms with van der Waals surface area (Å²) in [5.74, 6) is -0.281. The number of nitrogens with zero attached hydrogens (tertiary/aromatic N) is 1. The molecule has 1 saturated carbocycles. The largest absolute Gasteiger partial charge is 0.496 e. The van der Waals surface area contributed by atoms with E-state index in [1.54, 1.807) is 24.3 Å². The molecule has 0 saturated heterocycles. The number of aldehydes is 1. The molecule has 5 aromatic rings. The van der Waals surface area contributed by atoms with Crippen molar-refractivity contribution in [2.45, 2.75) is 37.9 Å². The molecule has 234 valence electrons. The summed E-state index contributed by atoms with van der Waals surface area (Å²) in [5, 5.41) is 18.1. The van der Waals surface area contributed by atoms with Crippen molar-refractivity contribution < 1.29 is 38.0 Å². The second kappa shape index (κ2) is 13.1. The van der Waals surface area contributed by atoms with Crippen LogP contribution < -0.4 is 14.2 Å². The lowest BCUT2D eigenvalue weighted by Gasteiger charge is -2.44. The topological polar surface area (TPSA) is 90.2 Å². The number of fused-ring (bicyclic) bond motifs is 1. The van der Waals surface area contributed by atoms with Crippen LogP contribution in [0.15, 0.2) is 78.9 Å². The molecule has 7 nitrogen and oxygen atoms in total. The molecule has 1 aliphatic carbocycles. The molecule has 0 unspecified atom stereocenters. The fraction of sp³-hybridized carbons (Fsp3) is 0.250. The third kappa shape index (κ3) is 5.89. The van der Waals surface area contributed by atoms with Crippen LogP contribution in [-0.2, 0) is 12.0 Å². The molecule has 6 rings (SSSR count). The van der Waals surface area contributed by atoms with Crippen LogP contribution in [0.5, 0.6) is 17.2 Å². The molecule has 4 aromatic carbocycles. The van der Waals surface area contributed by atoms with Gasteiger partial charge in [0.25, 0.3) is 0 Å². The first-order chi connectivity index (χ1) is 21.8. The van der Waals surface area contributed by atoms with Gasteiger partial charge in [0.2, 0.25) is 0 Å². The summed E-state index contributed by atoms with van der Waals surface area (Å²) in [4.78, 5) is 11.7. The fourth-order valence-electron chi connectivity index (χ4n) is 6.24. The lowest BCUT2D eigenvalue weighted by molar-refractivity contribution is 0.0249. The maximum absolute atomic E-state index is 15.5. The molecule has 45 heavy (non-hydrogen) atoms. The van der Waals surface area contributed by atoms with Crippen molar-refractivity contribution in [1.29, 1.82) is 0 Å². The third-order valence-electron chi connectivity index (χ3n) is 8.22. The SMILES string of the molecule is CO.COc1cc(-n2c(C3(C)CC(O)C3)c(-c3ccc(C=O)c(OC)c3)c3c(OCc4ccccc4)cc(F)cc32)ccc1F. The molecule has 9 heteroatoms. The maximum atomic E-state index is 15.5. The fourth-order valence-corrected chi connectivity index (χ4v) is 6.24. The number of rotatable bonds is 9. The number of carbonyl (C=O) groups excluding carboxylic acids is 1. The minimum atomic E-state index is -0.543. The molecule has 2 N–H and O–H groups in total. The Hall–Kier alpha value is -4.73. The number of methoxy groups -OCH3 is 2. The number of aliphatic hydroxyl groups excluding tert-OH is 2. The molecular weight excluding hydrogens is 580 g/mol. The van der Waals surface area contributed by atoms with E-state index in [0.29, 0.717) is 52.1 Å². The first-order valence-corrected chi connectivity index (χ1v) is 14.4. The van der Waals surface area contributed by atoms with Crippen molar-refractivity contribution in [3.8, 4) is 34.1 Å². The standard InChI is InChI=1S/C35H31F2NO5.CH4O/c1-35(17-26(40)18-35)34-32(22-9-10-23(19-39)29(13-22)41-2)33-28(38(34)25-11-12-27(37)30(16-25)42-3)14-24(36)15-31(33)43-20-21-7-5-4-6-8-21;1-2/h4-16,19,26,40H,17-18,20H2,1-3H3;2H,1H3. The number of aliphatic hydroxyl groups is 2. The van der Waals surface area contributed by atoms with Gasteiger partial charge in [-0.2, -0.15) is 0 Å². The zero-order valence-corrected chi connectivity index (χ0v) is 25.5. The first-order valence-electron chi connectivity index (χ1n) is 14.4. The number of benzene rings is 4. The Kier molecular flexibility index (Phi) is 9.22. The van der Waals surface area contributed by atoms with Gasteiger partial charge in [-0.25, -0.2) is 8.78 Å². The molecule has 0 aliphatic heterocycles. The summed E-state index contributed by atoms with van der Waals surface area (Å²) in [6, 6.07) is 22.2. The summed E-state index contributed by atoms with van der Waals surface area (Å²) in [6.45, 7) is 2.25. The quantitative estimate of drug-likeness (QED) is 0.174. The zero-order valence-electron chi connectivity index (χ0n) is 25.5.